The van der Waals surface area contributed by atoms with Crippen molar-refractivity contribution >= 4 is 21.7 Å². The molecule has 0 aromatic heterocycles. The fourth-order valence-electron chi connectivity index (χ4n) is 2.84. The molecule has 2 aromatic carbocycles. The van der Waals surface area contributed by atoms with Crippen molar-refractivity contribution in [3.05, 3.63) is 59.4 Å². The van der Waals surface area contributed by atoms with Crippen LogP contribution in [0, 0.1) is 5.82 Å². The third-order valence-electron chi connectivity index (χ3n) is 3.86. The number of nitrogens with zero attached hydrogens (tertiary/aromatic N) is 1. The lowest BCUT2D eigenvalue weighted by Gasteiger charge is -2.24. The van der Waals surface area contributed by atoms with Gasteiger partial charge in [0.2, 0.25) is 0 Å². The molecular formula is C16H14FNO4S. The predicted molar refractivity (Wildman–Crippen MR) is 82.6 cm³/mol. The van der Waals surface area contributed by atoms with Gasteiger partial charge in [0.15, 0.2) is 0 Å². The average molecular weight is 335 g/mol. The molecule has 0 saturated heterocycles. The Morgan fingerprint density at radius 3 is 2.65 bits per heavy atom. The lowest BCUT2D eigenvalue weighted by molar-refractivity contribution is 0.0696. The average Bonchev–Trinajstić information content (AvgIpc) is 2.83. The Balaban J connectivity index is 2.17. The van der Waals surface area contributed by atoms with Crippen LogP contribution in [0.15, 0.2) is 47.4 Å². The molecule has 0 unspecified atom stereocenters. The smallest absolute Gasteiger partial charge is 0.335 e. The Morgan fingerprint density at radius 1 is 1.26 bits per heavy atom. The minimum absolute atomic E-state index is 0.273. The zero-order chi connectivity index (χ0) is 16.8. The highest BCUT2D eigenvalue weighted by Gasteiger charge is 2.37. The van der Waals surface area contributed by atoms with E-state index in [0.717, 1.165) is 28.1 Å². The van der Waals surface area contributed by atoms with E-state index in [1.807, 2.05) is 12.1 Å². The zero-order valence-electron chi connectivity index (χ0n) is 12.2. The number of carboxylic acids is 1. The molecule has 1 heterocycles. The van der Waals surface area contributed by atoms with E-state index in [1.54, 1.807) is 19.1 Å². The van der Waals surface area contributed by atoms with Crippen LogP contribution in [0.1, 0.15) is 22.8 Å². The summed E-state index contributed by atoms with van der Waals surface area (Å²) < 4.78 is 41.0. The Morgan fingerprint density at radius 2 is 1.96 bits per heavy atom. The summed E-state index contributed by atoms with van der Waals surface area (Å²) in [6.07, 6.45) is 0.523. The third kappa shape index (κ3) is 2.46. The van der Waals surface area contributed by atoms with E-state index < -0.39 is 26.7 Å². The number of rotatable bonds is 3. The maximum absolute atomic E-state index is 14.1. The van der Waals surface area contributed by atoms with Crippen molar-refractivity contribution in [2.45, 2.75) is 24.3 Å². The van der Waals surface area contributed by atoms with Crippen LogP contribution in [-0.4, -0.2) is 25.5 Å². The van der Waals surface area contributed by atoms with E-state index in [0.29, 0.717) is 12.1 Å². The summed E-state index contributed by atoms with van der Waals surface area (Å²) in [5.41, 5.74) is 1.09. The molecule has 0 aliphatic carbocycles. The van der Waals surface area contributed by atoms with Gasteiger partial charge < -0.3 is 5.11 Å². The molecule has 1 aliphatic rings. The van der Waals surface area contributed by atoms with E-state index in [4.69, 9.17) is 5.11 Å². The number of halogens is 1. The van der Waals surface area contributed by atoms with Crippen molar-refractivity contribution in [3.8, 4) is 0 Å². The van der Waals surface area contributed by atoms with Crippen molar-refractivity contribution in [1.82, 2.24) is 0 Å². The van der Waals surface area contributed by atoms with E-state index in [9.17, 15) is 17.6 Å². The van der Waals surface area contributed by atoms with Gasteiger partial charge in [0, 0.05) is 6.04 Å². The molecule has 5 nitrogen and oxygen atoms in total. The number of aromatic carboxylic acids is 1. The fraction of sp³-hybridized carbons (Fsp3) is 0.188. The molecule has 0 fully saturated rings. The van der Waals surface area contributed by atoms with E-state index in [1.165, 1.54) is 0 Å². The first-order valence-electron chi connectivity index (χ1n) is 6.97. The van der Waals surface area contributed by atoms with Crippen molar-refractivity contribution in [1.29, 1.82) is 0 Å². The van der Waals surface area contributed by atoms with Crippen LogP contribution in [0.2, 0.25) is 0 Å². The molecule has 23 heavy (non-hydrogen) atoms. The third-order valence-corrected chi connectivity index (χ3v) is 5.80. The van der Waals surface area contributed by atoms with Gasteiger partial charge in [-0.3, -0.25) is 4.31 Å². The van der Waals surface area contributed by atoms with Gasteiger partial charge in [-0.25, -0.2) is 17.6 Å². The van der Waals surface area contributed by atoms with Gasteiger partial charge in [0.25, 0.3) is 10.0 Å². The summed E-state index contributed by atoms with van der Waals surface area (Å²) >= 11 is 0. The molecule has 1 atom stereocenters. The Kier molecular flexibility index (Phi) is 3.60. The number of hydrogen-bond donors (Lipinski definition) is 1. The number of anilines is 1. The van der Waals surface area contributed by atoms with Crippen molar-refractivity contribution in [2.75, 3.05) is 4.31 Å². The van der Waals surface area contributed by atoms with Gasteiger partial charge in [-0.15, -0.1) is 0 Å². The quantitative estimate of drug-likeness (QED) is 0.936. The van der Waals surface area contributed by atoms with Crippen molar-refractivity contribution in [2.24, 2.45) is 0 Å². The highest BCUT2D eigenvalue weighted by molar-refractivity contribution is 7.92. The second kappa shape index (κ2) is 5.34. The van der Waals surface area contributed by atoms with Gasteiger partial charge in [0.05, 0.1) is 11.3 Å². The van der Waals surface area contributed by atoms with Crippen LogP contribution in [0.5, 0.6) is 0 Å². The van der Waals surface area contributed by atoms with Crippen LogP contribution >= 0.6 is 0 Å². The topological polar surface area (TPSA) is 74.7 Å². The first kappa shape index (κ1) is 15.5. The number of carboxylic acid groups (broad SMARTS) is 1. The second-order valence-electron chi connectivity index (χ2n) is 5.43. The van der Waals surface area contributed by atoms with E-state index >= 15 is 0 Å². The normalized spacial score (nSPS) is 17.1. The minimum Gasteiger partial charge on any atom is -0.478 e. The Hall–Kier alpha value is -2.41. The zero-order valence-corrected chi connectivity index (χ0v) is 13.0. The molecule has 0 amide bonds. The van der Waals surface area contributed by atoms with Crippen LogP contribution in [0.25, 0.3) is 0 Å². The number of hydrogen-bond acceptors (Lipinski definition) is 3. The number of fused-ring (bicyclic) bond motifs is 1. The van der Waals surface area contributed by atoms with Crippen molar-refractivity contribution in [3.63, 3.8) is 0 Å². The SMILES string of the molecule is C[C@H]1Cc2ccccc2N1S(=O)(=O)c1cc(C(=O)O)ccc1F. The Bertz CT molecular complexity index is 895. The summed E-state index contributed by atoms with van der Waals surface area (Å²) in [6, 6.07) is 9.41. The maximum Gasteiger partial charge on any atom is 0.335 e. The summed E-state index contributed by atoms with van der Waals surface area (Å²) in [5, 5.41) is 9.01. The molecular weight excluding hydrogens is 321 g/mol. The number of benzene rings is 2. The largest absolute Gasteiger partial charge is 0.478 e. The first-order chi connectivity index (χ1) is 10.8. The van der Waals surface area contributed by atoms with Crippen LogP contribution in [-0.2, 0) is 16.4 Å². The molecule has 1 aliphatic heterocycles. The van der Waals surface area contributed by atoms with E-state index in [2.05, 4.69) is 0 Å². The fourth-order valence-corrected chi connectivity index (χ4v) is 4.63. The molecule has 0 spiro atoms. The number of sulfonamides is 1. The molecule has 2 aromatic rings. The van der Waals surface area contributed by atoms with Gasteiger partial charge in [-0.05, 0) is 43.2 Å². The highest BCUT2D eigenvalue weighted by Crippen LogP contribution is 2.37. The van der Waals surface area contributed by atoms with Crippen LogP contribution in [0.4, 0.5) is 10.1 Å². The number of carbonyl (C=O) groups is 1. The standard InChI is InChI=1S/C16H14FNO4S/c1-10-8-11-4-2-3-5-14(11)18(10)23(21,22)15-9-12(16(19)20)6-7-13(15)17/h2-7,9-10H,8H2,1H3,(H,19,20)/t10-/m0/s1. The first-order valence-corrected chi connectivity index (χ1v) is 8.41. The molecule has 0 bridgehead atoms. The molecule has 1 N–H and O–H groups in total. The summed E-state index contributed by atoms with van der Waals surface area (Å²) in [5.74, 6) is -2.28. The minimum atomic E-state index is -4.19. The molecule has 0 radical (unpaired) electrons. The van der Waals surface area contributed by atoms with Gasteiger partial charge in [-0.2, -0.15) is 0 Å². The van der Waals surface area contributed by atoms with Crippen LogP contribution < -0.4 is 4.31 Å². The van der Waals surface area contributed by atoms with Gasteiger partial charge in [0.1, 0.15) is 10.7 Å². The Labute approximate surface area is 133 Å². The molecule has 3 rings (SSSR count). The van der Waals surface area contributed by atoms with Gasteiger partial charge >= 0.3 is 5.97 Å². The summed E-state index contributed by atoms with van der Waals surface area (Å²) in [6.45, 7) is 1.73. The summed E-state index contributed by atoms with van der Waals surface area (Å²) in [7, 11) is -4.19. The predicted octanol–water partition coefficient (Wildman–Crippen LogP) is 2.66. The summed E-state index contributed by atoms with van der Waals surface area (Å²) in [4.78, 5) is 10.4. The van der Waals surface area contributed by atoms with Crippen molar-refractivity contribution < 1.29 is 22.7 Å². The lowest BCUT2D eigenvalue weighted by atomic mass is 10.1. The molecule has 120 valence electrons. The van der Waals surface area contributed by atoms with E-state index in [-0.39, 0.29) is 11.6 Å². The maximum atomic E-state index is 14.1. The lowest BCUT2D eigenvalue weighted by Crippen LogP contribution is -2.36. The molecule has 0 saturated carbocycles. The second-order valence-corrected chi connectivity index (χ2v) is 7.22. The van der Waals surface area contributed by atoms with Crippen LogP contribution in [0.3, 0.4) is 0 Å². The number of para-hydroxylation sites is 1. The monoisotopic (exact) mass is 335 g/mol. The highest BCUT2D eigenvalue weighted by atomic mass is 32.2. The molecule has 7 heteroatoms. The van der Waals surface area contributed by atoms with Gasteiger partial charge in [-0.1, -0.05) is 18.2 Å².